The molecule has 2 aromatic heterocycles. The van der Waals surface area contributed by atoms with E-state index in [0.717, 1.165) is 13.0 Å². The fourth-order valence-electron chi connectivity index (χ4n) is 4.69. The molecule has 244 valence electrons. The Hall–Kier alpha value is -6.61. The maximum Gasteiger partial charge on any atom is 0.451 e. The van der Waals surface area contributed by atoms with Crippen molar-refractivity contribution in [3.63, 3.8) is 0 Å². The molecule has 21 heteroatoms. The fraction of sp³-hybridized carbons (Fsp3) is 0.143. The molecule has 1 aromatic carbocycles. The molecule has 5 rings (SSSR count). The topological polar surface area (TPSA) is 171 Å². The van der Waals surface area contributed by atoms with Crippen molar-refractivity contribution in [3.05, 3.63) is 80.5 Å². The average molecular weight is 690 g/mol. The van der Waals surface area contributed by atoms with Crippen LogP contribution in [0.4, 0.5) is 59.7 Å². The summed E-state index contributed by atoms with van der Waals surface area (Å²) in [6.45, 7) is 1.08. The van der Waals surface area contributed by atoms with Crippen molar-refractivity contribution >= 4 is 33.9 Å². The first-order valence-corrected chi connectivity index (χ1v) is 12.6. The highest BCUT2D eigenvalue weighted by molar-refractivity contribution is 6.40. The van der Waals surface area contributed by atoms with Crippen LogP contribution in [-0.2, 0) is 18.5 Å². The van der Waals surface area contributed by atoms with Gasteiger partial charge in [0.2, 0.25) is 11.6 Å². The van der Waals surface area contributed by atoms with E-state index < -0.39 is 115 Å². The van der Waals surface area contributed by atoms with Crippen molar-refractivity contribution in [2.45, 2.75) is 25.5 Å². The SMILES string of the molecule is Cc1cc(C2=Nc3c(F)c4c(c(F)c3C2=C(C#N)C#N)C(=C(C#N)C#N)C(c2cc(C(F)(F)F)nc(C(F)(F)F)n2)=N4)nc(C(F)(F)F)n1. The number of aryl methyl sites for hydroxylation is 1. The van der Waals surface area contributed by atoms with E-state index in [4.69, 9.17) is 0 Å². The minimum Gasteiger partial charge on any atom is -0.242 e. The van der Waals surface area contributed by atoms with Gasteiger partial charge in [0.15, 0.2) is 5.82 Å². The van der Waals surface area contributed by atoms with Crippen molar-refractivity contribution in [1.82, 2.24) is 19.9 Å². The van der Waals surface area contributed by atoms with Crippen molar-refractivity contribution < 1.29 is 48.3 Å². The molecule has 0 N–H and O–H groups in total. The zero-order valence-electron chi connectivity index (χ0n) is 23.3. The lowest BCUT2D eigenvalue weighted by Gasteiger charge is -2.14. The highest BCUT2D eigenvalue weighted by Crippen LogP contribution is 2.52. The summed E-state index contributed by atoms with van der Waals surface area (Å²) in [5.74, 6) is -7.63. The first-order valence-electron chi connectivity index (χ1n) is 12.6. The Bertz CT molecular complexity index is 2250. The Balaban J connectivity index is 1.90. The molecule has 0 spiro atoms. The van der Waals surface area contributed by atoms with Gasteiger partial charge in [0.1, 0.15) is 58.3 Å². The summed E-state index contributed by atoms with van der Waals surface area (Å²) in [6, 6.07) is 5.97. The molecule has 0 unspecified atom stereocenters. The van der Waals surface area contributed by atoms with Gasteiger partial charge in [0, 0.05) is 16.8 Å². The second kappa shape index (κ2) is 11.3. The van der Waals surface area contributed by atoms with Crippen LogP contribution in [-0.4, -0.2) is 31.4 Å². The first kappa shape index (κ1) is 33.7. The van der Waals surface area contributed by atoms with Crippen LogP contribution in [0.15, 0.2) is 33.3 Å². The molecule has 49 heavy (non-hydrogen) atoms. The van der Waals surface area contributed by atoms with Crippen LogP contribution in [0.5, 0.6) is 0 Å². The van der Waals surface area contributed by atoms with Gasteiger partial charge in [0.05, 0.1) is 33.9 Å². The van der Waals surface area contributed by atoms with E-state index in [1.807, 2.05) is 0 Å². The molecule has 10 nitrogen and oxygen atoms in total. The summed E-state index contributed by atoms with van der Waals surface area (Å²) >= 11 is 0. The standard InChI is InChI=1S/C28H5F11N10/c1-8-2-11(45-24(44-8)27(34,35)36)20-14(9(4-40)5-41)16-18(29)17-15(10(6-42)7-43)21(49-23(17)19(30)22(16)48-20)12-3-13(26(31,32)33)47-25(46-12)28(37,38)39/h2-3H,1H3. The van der Waals surface area contributed by atoms with E-state index in [9.17, 15) is 60.6 Å². The van der Waals surface area contributed by atoms with Crippen molar-refractivity contribution in [2.24, 2.45) is 9.98 Å². The Morgan fingerprint density at radius 3 is 1.37 bits per heavy atom. The summed E-state index contributed by atoms with van der Waals surface area (Å²) in [6.07, 6.45) is -16.3. The summed E-state index contributed by atoms with van der Waals surface area (Å²) in [7, 11) is 0. The van der Waals surface area contributed by atoms with Crippen molar-refractivity contribution in [2.75, 3.05) is 0 Å². The Labute approximate surface area is 263 Å². The van der Waals surface area contributed by atoms with E-state index >= 15 is 8.78 Å². The molecular formula is C28H5F11N10. The van der Waals surface area contributed by atoms with Gasteiger partial charge in [-0.05, 0) is 19.1 Å². The molecule has 0 bridgehead atoms. The van der Waals surface area contributed by atoms with Crippen molar-refractivity contribution in [1.29, 1.82) is 21.0 Å². The van der Waals surface area contributed by atoms with Gasteiger partial charge in [-0.1, -0.05) is 0 Å². The smallest absolute Gasteiger partial charge is 0.242 e. The van der Waals surface area contributed by atoms with E-state index in [-0.39, 0.29) is 11.8 Å². The zero-order chi connectivity index (χ0) is 36.4. The van der Waals surface area contributed by atoms with Crippen LogP contribution in [0.25, 0.3) is 11.1 Å². The number of benzene rings is 1. The molecular weight excluding hydrogens is 685 g/mol. The Morgan fingerprint density at radius 1 is 0.571 bits per heavy atom. The van der Waals surface area contributed by atoms with E-state index in [1.165, 1.54) is 24.3 Å². The van der Waals surface area contributed by atoms with Crippen LogP contribution >= 0.6 is 0 Å². The predicted molar refractivity (Wildman–Crippen MR) is 139 cm³/mol. The number of rotatable bonds is 2. The normalized spacial score (nSPS) is 13.8. The molecule has 0 aliphatic carbocycles. The quantitative estimate of drug-likeness (QED) is 0.209. The van der Waals surface area contributed by atoms with Crippen LogP contribution in [0.2, 0.25) is 0 Å². The Morgan fingerprint density at radius 2 is 0.980 bits per heavy atom. The molecule has 0 amide bonds. The molecule has 0 fully saturated rings. The summed E-state index contributed by atoms with van der Waals surface area (Å²) < 4.78 is 155. The van der Waals surface area contributed by atoms with E-state index in [0.29, 0.717) is 0 Å². The van der Waals surface area contributed by atoms with Crippen LogP contribution in [0.3, 0.4) is 0 Å². The van der Waals surface area contributed by atoms with Gasteiger partial charge in [-0.3, -0.25) is 0 Å². The number of nitriles is 4. The van der Waals surface area contributed by atoms with Crippen molar-refractivity contribution in [3.8, 4) is 24.3 Å². The highest BCUT2D eigenvalue weighted by atomic mass is 19.4. The molecule has 0 atom stereocenters. The maximum absolute atomic E-state index is 16.7. The number of alkyl halides is 9. The number of halogens is 11. The second-order valence-electron chi connectivity index (χ2n) is 9.62. The first-order chi connectivity index (χ1) is 22.8. The van der Waals surface area contributed by atoms with Gasteiger partial charge in [-0.2, -0.15) is 60.6 Å². The third-order valence-corrected chi connectivity index (χ3v) is 6.56. The molecule has 0 radical (unpaired) electrons. The van der Waals surface area contributed by atoms with E-state index in [1.54, 1.807) is 0 Å². The maximum atomic E-state index is 16.7. The molecule has 4 heterocycles. The van der Waals surface area contributed by atoms with Crippen LogP contribution in [0, 0.1) is 63.9 Å². The third-order valence-electron chi connectivity index (χ3n) is 6.56. The number of allylic oxidation sites excluding steroid dienone is 4. The summed E-state index contributed by atoms with van der Waals surface area (Å²) in [5.41, 5.74) is -15.8. The predicted octanol–water partition coefficient (Wildman–Crippen LogP) is 6.78. The molecule has 2 aliphatic rings. The third kappa shape index (κ3) is 5.57. The second-order valence-corrected chi connectivity index (χ2v) is 9.62. The zero-order valence-corrected chi connectivity index (χ0v) is 23.3. The number of aliphatic imine (C=N–C) groups is 2. The largest absolute Gasteiger partial charge is 0.451 e. The lowest BCUT2D eigenvalue weighted by molar-refractivity contribution is -0.152. The lowest BCUT2D eigenvalue weighted by Crippen LogP contribution is -2.20. The molecule has 0 saturated carbocycles. The minimum atomic E-state index is -5.61. The lowest BCUT2D eigenvalue weighted by atomic mass is 9.89. The minimum absolute atomic E-state index is 0.0868. The van der Waals surface area contributed by atoms with Crippen LogP contribution < -0.4 is 0 Å². The molecule has 0 saturated heterocycles. The molecule has 2 aliphatic heterocycles. The van der Waals surface area contributed by atoms with Crippen LogP contribution in [0.1, 0.15) is 45.6 Å². The Kier molecular flexibility index (Phi) is 7.76. The molecule has 3 aromatic rings. The number of hydrogen-bond acceptors (Lipinski definition) is 10. The average Bonchev–Trinajstić information content (AvgIpc) is 3.61. The van der Waals surface area contributed by atoms with Gasteiger partial charge >= 0.3 is 18.5 Å². The highest BCUT2D eigenvalue weighted by Gasteiger charge is 2.45. The van der Waals surface area contributed by atoms with Gasteiger partial charge in [-0.25, -0.2) is 38.7 Å². The van der Waals surface area contributed by atoms with Gasteiger partial charge in [0.25, 0.3) is 0 Å². The number of aromatic nitrogens is 4. The van der Waals surface area contributed by atoms with Gasteiger partial charge in [-0.15, -0.1) is 0 Å². The number of nitrogens with zero attached hydrogens (tertiary/aromatic N) is 10. The van der Waals surface area contributed by atoms with E-state index in [2.05, 4.69) is 29.9 Å². The summed E-state index contributed by atoms with van der Waals surface area (Å²) in [4.78, 5) is 19.3. The van der Waals surface area contributed by atoms with Gasteiger partial charge < -0.3 is 0 Å². The fourth-order valence-corrected chi connectivity index (χ4v) is 4.69. The monoisotopic (exact) mass is 690 g/mol. The number of hydrogen-bond donors (Lipinski definition) is 0. The summed E-state index contributed by atoms with van der Waals surface area (Å²) in [5, 5.41) is 38.5. The number of fused-ring (bicyclic) bond motifs is 2.